The van der Waals surface area contributed by atoms with Crippen molar-refractivity contribution in [3.63, 3.8) is 0 Å². The molecule has 112 valence electrons. The minimum atomic E-state index is 0.618. The molecule has 0 bridgehead atoms. The molecule has 3 rings (SSSR count). The number of imidazole rings is 1. The Morgan fingerprint density at radius 3 is 2.95 bits per heavy atom. The lowest BCUT2D eigenvalue weighted by Gasteiger charge is -2.25. The van der Waals surface area contributed by atoms with E-state index >= 15 is 0 Å². The van der Waals surface area contributed by atoms with Gasteiger partial charge in [-0.1, -0.05) is 6.07 Å². The van der Waals surface area contributed by atoms with Gasteiger partial charge in [-0.3, -0.25) is 9.88 Å². The standard InChI is InChI=1S/C16H23N5/c1-19(2)9-15-11-20(10-14-4-3-5-17-8-14)13-16-18-6-7-21(16)12-15/h3-8,15H,9-13H2,1-2H3/t15-/m0/s1. The Labute approximate surface area is 126 Å². The van der Waals surface area contributed by atoms with Crippen LogP contribution < -0.4 is 0 Å². The van der Waals surface area contributed by atoms with E-state index in [0.29, 0.717) is 5.92 Å². The predicted octanol–water partition coefficient (Wildman–Crippen LogP) is 1.47. The average molecular weight is 285 g/mol. The molecule has 0 saturated carbocycles. The number of aromatic nitrogens is 3. The molecule has 3 heterocycles. The van der Waals surface area contributed by atoms with Crippen LogP contribution in [0.2, 0.25) is 0 Å². The molecule has 0 aliphatic carbocycles. The molecule has 2 aromatic heterocycles. The Balaban J connectivity index is 1.76. The maximum Gasteiger partial charge on any atom is 0.122 e. The SMILES string of the molecule is CN(C)C[C@H]1CN(Cc2cccnc2)Cc2nccn2C1. The molecule has 1 aliphatic heterocycles. The number of pyridine rings is 1. The average Bonchev–Trinajstić information content (AvgIpc) is 2.80. The summed E-state index contributed by atoms with van der Waals surface area (Å²) in [5.41, 5.74) is 1.26. The highest BCUT2D eigenvalue weighted by atomic mass is 15.2. The van der Waals surface area contributed by atoms with Gasteiger partial charge in [0.25, 0.3) is 0 Å². The van der Waals surface area contributed by atoms with Crippen molar-refractivity contribution >= 4 is 0 Å². The topological polar surface area (TPSA) is 37.2 Å². The lowest BCUT2D eigenvalue weighted by Crippen LogP contribution is -2.33. The maximum absolute atomic E-state index is 4.51. The van der Waals surface area contributed by atoms with Crippen molar-refractivity contribution in [2.45, 2.75) is 19.6 Å². The van der Waals surface area contributed by atoms with E-state index < -0.39 is 0 Å². The molecule has 0 unspecified atom stereocenters. The van der Waals surface area contributed by atoms with Crippen molar-refractivity contribution in [1.82, 2.24) is 24.3 Å². The fraction of sp³-hybridized carbons (Fsp3) is 0.500. The summed E-state index contributed by atoms with van der Waals surface area (Å²) in [7, 11) is 4.29. The van der Waals surface area contributed by atoms with E-state index in [2.05, 4.69) is 50.7 Å². The molecule has 0 aromatic carbocycles. The van der Waals surface area contributed by atoms with Crippen molar-refractivity contribution in [2.24, 2.45) is 5.92 Å². The Hall–Kier alpha value is -1.72. The van der Waals surface area contributed by atoms with Crippen LogP contribution in [0.4, 0.5) is 0 Å². The number of hydrogen-bond acceptors (Lipinski definition) is 4. The van der Waals surface area contributed by atoms with E-state index in [1.807, 2.05) is 24.7 Å². The summed E-state index contributed by atoms with van der Waals surface area (Å²) in [4.78, 5) is 13.5. The number of fused-ring (bicyclic) bond motifs is 1. The second-order valence-corrected chi connectivity index (χ2v) is 6.15. The minimum Gasteiger partial charge on any atom is -0.333 e. The zero-order chi connectivity index (χ0) is 14.7. The lowest BCUT2D eigenvalue weighted by molar-refractivity contribution is 0.194. The molecule has 0 fully saturated rings. The summed E-state index contributed by atoms with van der Waals surface area (Å²) in [6, 6.07) is 4.15. The van der Waals surface area contributed by atoms with E-state index in [-0.39, 0.29) is 0 Å². The molecule has 5 nitrogen and oxygen atoms in total. The van der Waals surface area contributed by atoms with Crippen molar-refractivity contribution in [3.05, 3.63) is 48.3 Å². The van der Waals surface area contributed by atoms with Crippen LogP contribution >= 0.6 is 0 Å². The van der Waals surface area contributed by atoms with Gasteiger partial charge < -0.3 is 9.47 Å². The first-order chi connectivity index (χ1) is 10.2. The first-order valence-electron chi connectivity index (χ1n) is 7.46. The highest BCUT2D eigenvalue weighted by Crippen LogP contribution is 2.18. The molecule has 21 heavy (non-hydrogen) atoms. The molecule has 0 N–H and O–H groups in total. The predicted molar refractivity (Wildman–Crippen MR) is 82.6 cm³/mol. The monoisotopic (exact) mass is 285 g/mol. The van der Waals surface area contributed by atoms with Crippen molar-refractivity contribution < 1.29 is 0 Å². The summed E-state index contributed by atoms with van der Waals surface area (Å²) in [6.07, 6.45) is 7.80. The van der Waals surface area contributed by atoms with E-state index in [1.54, 1.807) is 0 Å². The van der Waals surface area contributed by atoms with Gasteiger partial charge in [0.15, 0.2) is 0 Å². The smallest absolute Gasteiger partial charge is 0.122 e. The highest BCUT2D eigenvalue weighted by Gasteiger charge is 2.22. The lowest BCUT2D eigenvalue weighted by atomic mass is 10.1. The zero-order valence-electron chi connectivity index (χ0n) is 12.8. The van der Waals surface area contributed by atoms with E-state index in [4.69, 9.17) is 0 Å². The van der Waals surface area contributed by atoms with Crippen LogP contribution in [0.25, 0.3) is 0 Å². The van der Waals surface area contributed by atoms with Gasteiger partial charge in [-0.15, -0.1) is 0 Å². The molecule has 0 saturated heterocycles. The molecule has 2 aromatic rings. The number of nitrogens with zero attached hydrogens (tertiary/aromatic N) is 5. The first kappa shape index (κ1) is 14.2. The van der Waals surface area contributed by atoms with Crippen molar-refractivity contribution in [3.8, 4) is 0 Å². The van der Waals surface area contributed by atoms with E-state index in [1.165, 1.54) is 11.4 Å². The van der Waals surface area contributed by atoms with Crippen molar-refractivity contribution in [2.75, 3.05) is 27.2 Å². The zero-order valence-corrected chi connectivity index (χ0v) is 12.8. The van der Waals surface area contributed by atoms with Gasteiger partial charge in [0.05, 0.1) is 6.54 Å². The van der Waals surface area contributed by atoms with Crippen LogP contribution in [0, 0.1) is 5.92 Å². The number of hydrogen-bond donors (Lipinski definition) is 0. The van der Waals surface area contributed by atoms with Crippen LogP contribution in [0.15, 0.2) is 36.9 Å². The largest absolute Gasteiger partial charge is 0.333 e. The van der Waals surface area contributed by atoms with Gasteiger partial charge >= 0.3 is 0 Å². The van der Waals surface area contributed by atoms with Crippen molar-refractivity contribution in [1.29, 1.82) is 0 Å². The van der Waals surface area contributed by atoms with Gasteiger partial charge in [0, 0.05) is 56.9 Å². The normalized spacial score (nSPS) is 19.5. The Morgan fingerprint density at radius 2 is 2.19 bits per heavy atom. The van der Waals surface area contributed by atoms with Crippen LogP contribution in [0.5, 0.6) is 0 Å². The maximum atomic E-state index is 4.51. The van der Waals surface area contributed by atoms with Crippen LogP contribution in [-0.4, -0.2) is 51.5 Å². The fourth-order valence-electron chi connectivity index (χ4n) is 3.13. The second-order valence-electron chi connectivity index (χ2n) is 6.15. The molecular weight excluding hydrogens is 262 g/mol. The molecule has 0 spiro atoms. The van der Waals surface area contributed by atoms with E-state index in [9.17, 15) is 0 Å². The molecule has 1 atom stereocenters. The van der Waals surface area contributed by atoms with Gasteiger partial charge in [-0.2, -0.15) is 0 Å². The Bertz CT molecular complexity index is 563. The minimum absolute atomic E-state index is 0.618. The number of rotatable bonds is 4. The third kappa shape index (κ3) is 3.68. The quantitative estimate of drug-likeness (QED) is 0.852. The second kappa shape index (κ2) is 6.37. The third-order valence-corrected chi connectivity index (χ3v) is 3.89. The molecule has 5 heteroatoms. The van der Waals surface area contributed by atoms with Gasteiger partial charge in [0.1, 0.15) is 5.82 Å². The van der Waals surface area contributed by atoms with Crippen LogP contribution in [0.1, 0.15) is 11.4 Å². The molecule has 1 aliphatic rings. The van der Waals surface area contributed by atoms with Gasteiger partial charge in [0.2, 0.25) is 0 Å². The summed E-state index contributed by atoms with van der Waals surface area (Å²) in [5, 5.41) is 0. The summed E-state index contributed by atoms with van der Waals surface area (Å²) in [5.74, 6) is 1.78. The summed E-state index contributed by atoms with van der Waals surface area (Å²) < 4.78 is 2.30. The van der Waals surface area contributed by atoms with Gasteiger partial charge in [-0.05, 0) is 25.7 Å². The van der Waals surface area contributed by atoms with Crippen LogP contribution in [-0.2, 0) is 19.6 Å². The molecule has 0 amide bonds. The summed E-state index contributed by atoms with van der Waals surface area (Å²) in [6.45, 7) is 5.09. The summed E-state index contributed by atoms with van der Waals surface area (Å²) >= 11 is 0. The highest BCUT2D eigenvalue weighted by molar-refractivity contribution is 5.09. The van der Waals surface area contributed by atoms with E-state index in [0.717, 1.165) is 32.7 Å². The fourth-order valence-corrected chi connectivity index (χ4v) is 3.13. The Morgan fingerprint density at radius 1 is 1.29 bits per heavy atom. The molecular formula is C16H23N5. The van der Waals surface area contributed by atoms with Crippen LogP contribution in [0.3, 0.4) is 0 Å². The third-order valence-electron chi connectivity index (χ3n) is 3.89. The van der Waals surface area contributed by atoms with Gasteiger partial charge in [-0.25, -0.2) is 4.98 Å². The molecule has 0 radical (unpaired) electrons. The Kier molecular flexibility index (Phi) is 4.31. The first-order valence-corrected chi connectivity index (χ1v) is 7.46.